The molecule has 1 rings (SSSR count). The highest BCUT2D eigenvalue weighted by Crippen LogP contribution is 2.49. The van der Waals surface area contributed by atoms with Crippen molar-refractivity contribution >= 4 is 8.15 Å². The Morgan fingerprint density at radius 1 is 1.38 bits per heavy atom. The molecule has 2 unspecified atom stereocenters. The Balaban J connectivity index is 2.74. The highest BCUT2D eigenvalue weighted by Gasteiger charge is 2.21. The van der Waals surface area contributed by atoms with Crippen molar-refractivity contribution in [3.8, 4) is 0 Å². The molecule has 0 aliphatic heterocycles. The van der Waals surface area contributed by atoms with Crippen LogP contribution in [0.4, 0.5) is 0 Å². The van der Waals surface area contributed by atoms with E-state index in [1.807, 2.05) is 37.0 Å². The standard InChI is InChI=1S/C12H17O3P/c1-4-10-14-12(16(3)15-13-2)11-8-6-5-7-9-11/h4-9,12H,1,10H2,2-3H3. The van der Waals surface area contributed by atoms with Crippen molar-refractivity contribution in [2.45, 2.75) is 5.85 Å². The van der Waals surface area contributed by atoms with E-state index < -0.39 is 8.15 Å². The van der Waals surface area contributed by atoms with Crippen LogP contribution in [0.15, 0.2) is 43.0 Å². The van der Waals surface area contributed by atoms with Crippen molar-refractivity contribution in [2.24, 2.45) is 0 Å². The van der Waals surface area contributed by atoms with E-state index in [-0.39, 0.29) is 5.85 Å². The monoisotopic (exact) mass is 240 g/mol. The average molecular weight is 240 g/mol. The van der Waals surface area contributed by atoms with E-state index in [1.54, 1.807) is 6.08 Å². The first kappa shape index (κ1) is 13.3. The third kappa shape index (κ3) is 4.03. The lowest BCUT2D eigenvalue weighted by molar-refractivity contribution is -0.173. The van der Waals surface area contributed by atoms with E-state index in [0.717, 1.165) is 5.56 Å². The molecule has 0 aliphatic rings. The van der Waals surface area contributed by atoms with Crippen molar-refractivity contribution in [3.05, 3.63) is 48.6 Å². The van der Waals surface area contributed by atoms with Gasteiger partial charge < -0.3 is 4.74 Å². The molecule has 4 heteroatoms. The van der Waals surface area contributed by atoms with Gasteiger partial charge in [0.15, 0.2) is 0 Å². The molecule has 3 nitrogen and oxygen atoms in total. The minimum absolute atomic E-state index is 0.0888. The number of ether oxygens (including phenoxy) is 1. The van der Waals surface area contributed by atoms with Crippen LogP contribution in [-0.2, 0) is 14.3 Å². The van der Waals surface area contributed by atoms with Crippen LogP contribution in [0.1, 0.15) is 11.4 Å². The van der Waals surface area contributed by atoms with Gasteiger partial charge in [-0.3, -0.25) is 0 Å². The maximum Gasteiger partial charge on any atom is 0.129 e. The van der Waals surface area contributed by atoms with Crippen molar-refractivity contribution < 1.29 is 14.3 Å². The third-order valence-corrected chi connectivity index (χ3v) is 3.47. The minimum Gasteiger partial charge on any atom is -0.362 e. The zero-order valence-electron chi connectivity index (χ0n) is 9.63. The highest BCUT2D eigenvalue weighted by molar-refractivity contribution is 7.51. The maximum atomic E-state index is 5.70. The van der Waals surface area contributed by atoms with Gasteiger partial charge in [0, 0.05) is 0 Å². The molecule has 0 saturated heterocycles. The van der Waals surface area contributed by atoms with Crippen molar-refractivity contribution in [1.82, 2.24) is 0 Å². The minimum atomic E-state index is -0.824. The summed E-state index contributed by atoms with van der Waals surface area (Å²) in [6.07, 6.45) is 1.73. The summed E-state index contributed by atoms with van der Waals surface area (Å²) in [5.74, 6) is -0.0888. The molecule has 0 heterocycles. The number of benzene rings is 1. The van der Waals surface area contributed by atoms with E-state index in [4.69, 9.17) is 14.3 Å². The molecule has 0 N–H and O–H groups in total. The Morgan fingerprint density at radius 2 is 2.06 bits per heavy atom. The number of hydrogen-bond donors (Lipinski definition) is 0. The zero-order valence-corrected chi connectivity index (χ0v) is 10.5. The predicted octanol–water partition coefficient (Wildman–Crippen LogP) is 3.49. The van der Waals surface area contributed by atoms with E-state index in [0.29, 0.717) is 6.61 Å². The Hall–Kier alpha value is -0.730. The second-order valence-corrected chi connectivity index (χ2v) is 4.88. The first-order valence-corrected chi connectivity index (χ1v) is 6.78. The van der Waals surface area contributed by atoms with E-state index in [9.17, 15) is 0 Å². The van der Waals surface area contributed by atoms with Gasteiger partial charge in [0.2, 0.25) is 0 Å². The summed E-state index contributed by atoms with van der Waals surface area (Å²) in [5, 5.41) is 0. The van der Waals surface area contributed by atoms with Gasteiger partial charge in [0.05, 0.1) is 13.7 Å². The molecule has 0 spiro atoms. The summed E-state index contributed by atoms with van der Waals surface area (Å²) in [6, 6.07) is 9.98. The second kappa shape index (κ2) is 7.53. The Labute approximate surface area is 97.8 Å². The van der Waals surface area contributed by atoms with E-state index in [2.05, 4.69) is 6.58 Å². The van der Waals surface area contributed by atoms with Crippen LogP contribution in [0.2, 0.25) is 0 Å². The Morgan fingerprint density at radius 3 is 2.62 bits per heavy atom. The second-order valence-electron chi connectivity index (χ2n) is 3.17. The van der Waals surface area contributed by atoms with Crippen LogP contribution in [-0.4, -0.2) is 20.4 Å². The lowest BCUT2D eigenvalue weighted by atomic mass is 10.2. The van der Waals surface area contributed by atoms with Crippen LogP contribution in [0.3, 0.4) is 0 Å². The summed E-state index contributed by atoms with van der Waals surface area (Å²) < 4.78 is 10.9. The summed E-state index contributed by atoms with van der Waals surface area (Å²) >= 11 is 0. The van der Waals surface area contributed by atoms with Crippen LogP contribution >= 0.6 is 8.15 Å². The lowest BCUT2D eigenvalue weighted by Gasteiger charge is -2.22. The molecule has 1 aromatic carbocycles. The van der Waals surface area contributed by atoms with E-state index in [1.165, 1.54) is 7.11 Å². The Kier molecular flexibility index (Phi) is 6.27. The first-order valence-electron chi connectivity index (χ1n) is 5.00. The van der Waals surface area contributed by atoms with Gasteiger partial charge >= 0.3 is 0 Å². The average Bonchev–Trinajstić information content (AvgIpc) is 2.31. The SMILES string of the molecule is C=CCOC(c1ccccc1)P(C)OOC. The van der Waals surface area contributed by atoms with Crippen LogP contribution in [0.25, 0.3) is 0 Å². The van der Waals surface area contributed by atoms with Crippen molar-refractivity contribution in [2.75, 3.05) is 20.4 Å². The largest absolute Gasteiger partial charge is 0.362 e. The molecule has 0 fully saturated rings. The smallest absolute Gasteiger partial charge is 0.129 e. The lowest BCUT2D eigenvalue weighted by Crippen LogP contribution is -2.04. The highest BCUT2D eigenvalue weighted by atomic mass is 31.1. The van der Waals surface area contributed by atoms with Gasteiger partial charge in [0.25, 0.3) is 0 Å². The maximum absolute atomic E-state index is 5.70. The number of rotatable bonds is 7. The summed E-state index contributed by atoms with van der Waals surface area (Å²) in [6.45, 7) is 6.11. The summed E-state index contributed by atoms with van der Waals surface area (Å²) in [4.78, 5) is 4.71. The molecule has 88 valence electrons. The first-order chi connectivity index (χ1) is 7.79. The fourth-order valence-electron chi connectivity index (χ4n) is 1.34. The molecule has 0 aromatic heterocycles. The van der Waals surface area contributed by atoms with Crippen LogP contribution in [0, 0.1) is 0 Å². The van der Waals surface area contributed by atoms with Crippen LogP contribution < -0.4 is 0 Å². The van der Waals surface area contributed by atoms with Gasteiger partial charge in [-0.1, -0.05) is 36.4 Å². The molecule has 0 radical (unpaired) electrons. The van der Waals surface area contributed by atoms with Crippen molar-refractivity contribution in [1.29, 1.82) is 0 Å². The molecule has 1 aromatic rings. The molecule has 16 heavy (non-hydrogen) atoms. The quantitative estimate of drug-likeness (QED) is 0.316. The molecule has 2 atom stereocenters. The molecular weight excluding hydrogens is 223 g/mol. The fourth-order valence-corrected chi connectivity index (χ4v) is 2.55. The summed E-state index contributed by atoms with van der Waals surface area (Å²) in [7, 11) is 0.684. The van der Waals surface area contributed by atoms with Gasteiger partial charge in [-0.2, -0.15) is 0 Å². The van der Waals surface area contributed by atoms with Gasteiger partial charge in [-0.15, -0.1) is 6.58 Å². The van der Waals surface area contributed by atoms with Crippen LogP contribution in [0.5, 0.6) is 0 Å². The van der Waals surface area contributed by atoms with Gasteiger partial charge in [0.1, 0.15) is 14.0 Å². The fraction of sp³-hybridized carbons (Fsp3) is 0.333. The number of hydrogen-bond acceptors (Lipinski definition) is 3. The molecule has 0 aliphatic carbocycles. The zero-order chi connectivity index (χ0) is 11.8. The van der Waals surface area contributed by atoms with E-state index >= 15 is 0 Å². The molecule has 0 bridgehead atoms. The van der Waals surface area contributed by atoms with Crippen molar-refractivity contribution in [3.63, 3.8) is 0 Å². The Bertz CT molecular complexity index is 302. The van der Waals surface area contributed by atoms with Gasteiger partial charge in [-0.25, -0.2) is 9.56 Å². The van der Waals surface area contributed by atoms with Gasteiger partial charge in [-0.05, 0) is 12.2 Å². The predicted molar refractivity (Wildman–Crippen MR) is 66.3 cm³/mol. The molecular formula is C12H17O3P. The molecule has 0 saturated carbocycles. The topological polar surface area (TPSA) is 27.7 Å². The molecule has 0 amide bonds. The third-order valence-electron chi connectivity index (χ3n) is 1.98. The summed E-state index contributed by atoms with van der Waals surface area (Å²) in [5.41, 5.74) is 1.09. The normalized spacial score (nSPS) is 14.4.